The van der Waals surface area contributed by atoms with Crippen LogP contribution in [0.5, 0.6) is 5.75 Å². The van der Waals surface area contributed by atoms with Gasteiger partial charge in [0, 0.05) is 38.9 Å². The summed E-state index contributed by atoms with van der Waals surface area (Å²) in [5.41, 5.74) is 1.13. The molecule has 0 aliphatic heterocycles. The van der Waals surface area contributed by atoms with E-state index in [1.165, 1.54) is 0 Å². The second-order valence-corrected chi connectivity index (χ2v) is 6.03. The average molecular weight is 463 g/mol. The number of aliphatic hydroxyl groups excluding tert-OH is 1. The molecule has 0 aromatic heterocycles. The van der Waals surface area contributed by atoms with E-state index in [0.717, 1.165) is 56.2 Å². The molecule has 2 N–H and O–H groups in total. The molecule has 0 saturated heterocycles. The normalized spacial score (nSPS) is 12.3. The number of ether oxygens (including phenoxy) is 1. The van der Waals surface area contributed by atoms with Gasteiger partial charge in [-0.15, -0.1) is 24.0 Å². The van der Waals surface area contributed by atoms with Crippen LogP contribution in [0.3, 0.4) is 0 Å². The summed E-state index contributed by atoms with van der Waals surface area (Å²) in [5.74, 6) is 2.22. The van der Waals surface area contributed by atoms with E-state index in [1.54, 1.807) is 7.11 Å². The lowest BCUT2D eigenvalue weighted by Gasteiger charge is -2.24. The molecule has 0 amide bonds. The molecule has 0 bridgehead atoms. The number of aliphatic imine (C=N–C) groups is 1. The van der Waals surface area contributed by atoms with Gasteiger partial charge in [-0.25, -0.2) is 0 Å². The van der Waals surface area contributed by atoms with Crippen LogP contribution in [0.15, 0.2) is 29.3 Å². The van der Waals surface area contributed by atoms with Crippen molar-refractivity contribution in [2.75, 3.05) is 33.9 Å². The molecule has 0 spiro atoms. The molecule has 0 aliphatic carbocycles. The number of hydrogen-bond donors (Lipinski definition) is 2. The average Bonchev–Trinajstić information content (AvgIpc) is 2.59. The van der Waals surface area contributed by atoms with Crippen molar-refractivity contribution in [3.63, 3.8) is 0 Å². The first-order valence-corrected chi connectivity index (χ1v) is 8.88. The van der Waals surface area contributed by atoms with E-state index in [9.17, 15) is 5.11 Å². The van der Waals surface area contributed by atoms with Gasteiger partial charge < -0.3 is 20.1 Å². The molecule has 0 saturated carbocycles. The quantitative estimate of drug-likeness (QED) is 0.317. The van der Waals surface area contributed by atoms with Gasteiger partial charge in [0.25, 0.3) is 0 Å². The van der Waals surface area contributed by atoms with E-state index in [2.05, 4.69) is 30.1 Å². The van der Waals surface area contributed by atoms with Crippen molar-refractivity contribution in [1.82, 2.24) is 10.2 Å². The number of hydrogen-bond acceptors (Lipinski definition) is 3. The summed E-state index contributed by atoms with van der Waals surface area (Å²) in [6.45, 7) is 6.78. The van der Waals surface area contributed by atoms with Crippen LogP contribution in [0.2, 0.25) is 0 Å². The molecule has 0 fully saturated rings. The number of para-hydroxylation sites is 1. The fourth-order valence-electron chi connectivity index (χ4n) is 2.77. The van der Waals surface area contributed by atoms with Gasteiger partial charge in [-0.2, -0.15) is 0 Å². The number of rotatable bonds is 10. The highest BCUT2D eigenvalue weighted by Crippen LogP contribution is 2.19. The summed E-state index contributed by atoms with van der Waals surface area (Å²) >= 11 is 0. The van der Waals surface area contributed by atoms with Crippen molar-refractivity contribution >= 4 is 29.9 Å². The Bertz CT molecular complexity index is 491. The maximum absolute atomic E-state index is 9.21. The highest BCUT2D eigenvalue weighted by atomic mass is 127. The molecule has 1 aromatic carbocycles. The predicted octanol–water partition coefficient (Wildman–Crippen LogP) is 3.51. The van der Waals surface area contributed by atoms with Gasteiger partial charge in [-0.1, -0.05) is 31.5 Å². The van der Waals surface area contributed by atoms with Crippen molar-refractivity contribution in [1.29, 1.82) is 0 Å². The van der Waals surface area contributed by atoms with Crippen LogP contribution in [0.4, 0.5) is 0 Å². The molecule has 5 nitrogen and oxygen atoms in total. The zero-order valence-electron chi connectivity index (χ0n) is 16.0. The van der Waals surface area contributed by atoms with Crippen LogP contribution in [0.25, 0.3) is 0 Å². The molecule has 1 rings (SSSR count). The number of halogens is 1. The second-order valence-electron chi connectivity index (χ2n) is 6.03. The van der Waals surface area contributed by atoms with Crippen molar-refractivity contribution in [2.45, 2.75) is 39.7 Å². The summed E-state index contributed by atoms with van der Waals surface area (Å²) in [6.07, 6.45) is 3.03. The Labute approximate surface area is 169 Å². The van der Waals surface area contributed by atoms with E-state index in [-0.39, 0.29) is 30.6 Å². The molecule has 1 atom stereocenters. The van der Waals surface area contributed by atoms with Crippen LogP contribution >= 0.6 is 24.0 Å². The summed E-state index contributed by atoms with van der Waals surface area (Å²) in [4.78, 5) is 6.90. The molecular weight excluding hydrogens is 429 g/mol. The highest BCUT2D eigenvalue weighted by Gasteiger charge is 2.12. The Morgan fingerprint density at radius 2 is 2.00 bits per heavy atom. The Morgan fingerprint density at radius 3 is 2.60 bits per heavy atom. The minimum absolute atomic E-state index is 0. The highest BCUT2D eigenvalue weighted by molar-refractivity contribution is 14.0. The fraction of sp³-hybridized carbons (Fsp3) is 0.632. The summed E-state index contributed by atoms with van der Waals surface area (Å²) in [5, 5.41) is 12.6. The molecule has 25 heavy (non-hydrogen) atoms. The topological polar surface area (TPSA) is 57.1 Å². The molecule has 1 unspecified atom stereocenters. The second kappa shape index (κ2) is 14.2. The van der Waals surface area contributed by atoms with E-state index < -0.39 is 0 Å². The maximum atomic E-state index is 9.21. The predicted molar refractivity (Wildman–Crippen MR) is 116 cm³/mol. The van der Waals surface area contributed by atoms with Gasteiger partial charge in [0.15, 0.2) is 5.96 Å². The smallest absolute Gasteiger partial charge is 0.193 e. The van der Waals surface area contributed by atoms with Crippen LogP contribution in [-0.4, -0.2) is 49.8 Å². The van der Waals surface area contributed by atoms with Crippen LogP contribution in [-0.2, 0) is 6.54 Å². The van der Waals surface area contributed by atoms with Crippen LogP contribution < -0.4 is 10.1 Å². The number of methoxy groups -OCH3 is 1. The van der Waals surface area contributed by atoms with Gasteiger partial charge >= 0.3 is 0 Å². The van der Waals surface area contributed by atoms with Gasteiger partial charge in [0.05, 0.1) is 7.11 Å². The third-order valence-electron chi connectivity index (χ3n) is 4.03. The molecule has 6 heteroatoms. The summed E-state index contributed by atoms with van der Waals surface area (Å²) < 4.78 is 5.43. The van der Waals surface area contributed by atoms with Crippen LogP contribution in [0, 0.1) is 5.92 Å². The first-order chi connectivity index (χ1) is 11.7. The standard InChI is InChI=1S/C19H33N3O2.HI/c1-5-9-16(12-13-23)14-21-19(20-6-2)22(3)15-17-10-7-8-11-18(17)24-4;/h7-8,10-11,16,23H,5-6,9,12-15H2,1-4H3,(H,20,21);1H. The van der Waals surface area contributed by atoms with E-state index in [4.69, 9.17) is 9.73 Å². The van der Waals surface area contributed by atoms with E-state index >= 15 is 0 Å². The number of nitrogens with one attached hydrogen (secondary N) is 1. The molecule has 0 heterocycles. The minimum Gasteiger partial charge on any atom is -0.496 e. The van der Waals surface area contributed by atoms with Crippen molar-refractivity contribution in [3.05, 3.63) is 29.8 Å². The van der Waals surface area contributed by atoms with Gasteiger partial charge in [-0.3, -0.25) is 4.99 Å². The minimum atomic E-state index is 0. The van der Waals surface area contributed by atoms with Gasteiger partial charge in [0.1, 0.15) is 5.75 Å². The monoisotopic (exact) mass is 463 g/mol. The van der Waals surface area contributed by atoms with E-state index in [1.807, 2.05) is 25.2 Å². The molecule has 1 aromatic rings. The number of aliphatic hydroxyl groups is 1. The van der Waals surface area contributed by atoms with Crippen LogP contribution in [0.1, 0.15) is 38.7 Å². The number of nitrogens with zero attached hydrogens (tertiary/aromatic N) is 2. The SMILES string of the molecule is CCCC(CCO)CN=C(NCC)N(C)Cc1ccccc1OC.I. The van der Waals surface area contributed by atoms with Crippen molar-refractivity contribution in [3.8, 4) is 5.75 Å². The maximum Gasteiger partial charge on any atom is 0.193 e. The van der Waals surface area contributed by atoms with Gasteiger partial charge in [0.2, 0.25) is 0 Å². The number of benzene rings is 1. The third-order valence-corrected chi connectivity index (χ3v) is 4.03. The lowest BCUT2D eigenvalue weighted by Crippen LogP contribution is -2.39. The third kappa shape index (κ3) is 8.76. The Hall–Kier alpha value is -1.02. The largest absolute Gasteiger partial charge is 0.496 e. The molecule has 144 valence electrons. The lowest BCUT2D eigenvalue weighted by atomic mass is 10.0. The first-order valence-electron chi connectivity index (χ1n) is 8.88. The molecular formula is C19H34IN3O2. The zero-order chi connectivity index (χ0) is 17.8. The lowest BCUT2D eigenvalue weighted by molar-refractivity contribution is 0.253. The zero-order valence-corrected chi connectivity index (χ0v) is 18.3. The Kier molecular flexibility index (Phi) is 13.6. The Morgan fingerprint density at radius 1 is 1.28 bits per heavy atom. The number of guanidine groups is 1. The fourth-order valence-corrected chi connectivity index (χ4v) is 2.77. The van der Waals surface area contributed by atoms with E-state index in [0.29, 0.717) is 5.92 Å². The van der Waals surface area contributed by atoms with Gasteiger partial charge in [-0.05, 0) is 31.7 Å². The molecule has 0 aliphatic rings. The van der Waals surface area contributed by atoms with Crippen molar-refractivity contribution in [2.24, 2.45) is 10.9 Å². The first kappa shape index (κ1) is 24.0. The summed E-state index contributed by atoms with van der Waals surface area (Å²) in [7, 11) is 3.73. The van der Waals surface area contributed by atoms with Crippen molar-refractivity contribution < 1.29 is 9.84 Å². The molecule has 0 radical (unpaired) electrons. The Balaban J connectivity index is 0.00000576. The summed E-state index contributed by atoms with van der Waals surface area (Å²) in [6, 6.07) is 8.05.